The van der Waals surface area contributed by atoms with Crippen LogP contribution in [0.3, 0.4) is 0 Å². The molecule has 1 aromatic rings. The monoisotopic (exact) mass is 250 g/mol. The van der Waals surface area contributed by atoms with Crippen LogP contribution in [0.2, 0.25) is 0 Å². The second-order valence-electron chi connectivity index (χ2n) is 4.40. The Bertz CT molecular complexity index is 494. The summed E-state index contributed by atoms with van der Waals surface area (Å²) in [7, 11) is 1.41. The van der Waals surface area contributed by atoms with Gasteiger partial charge in [0.15, 0.2) is 11.6 Å². The Morgan fingerprint density at radius 2 is 2.22 bits per heavy atom. The maximum atomic E-state index is 13.5. The minimum Gasteiger partial charge on any atom is -0.513 e. The standard InChI is InChI=1S/C14H15FO3/c1-18-14-5-2-9(7-12(14)15)6-10-8-11(16)3-4-13(10)17/h2,5,7-8,10,16H,3-4,6H2,1H3. The van der Waals surface area contributed by atoms with Gasteiger partial charge < -0.3 is 9.84 Å². The Morgan fingerprint density at radius 3 is 2.89 bits per heavy atom. The third-order valence-electron chi connectivity index (χ3n) is 3.11. The first-order chi connectivity index (χ1) is 8.60. The number of Topliss-reactive ketones (excluding diaryl/α,β-unsaturated/α-hetero) is 1. The van der Waals surface area contributed by atoms with Crippen LogP contribution in [0.25, 0.3) is 0 Å². The zero-order valence-electron chi connectivity index (χ0n) is 10.1. The van der Waals surface area contributed by atoms with Crippen LogP contribution in [-0.2, 0) is 11.2 Å². The van der Waals surface area contributed by atoms with Crippen LogP contribution < -0.4 is 4.74 Å². The highest BCUT2D eigenvalue weighted by atomic mass is 19.1. The van der Waals surface area contributed by atoms with Gasteiger partial charge in [-0.05, 0) is 30.2 Å². The molecule has 18 heavy (non-hydrogen) atoms. The van der Waals surface area contributed by atoms with E-state index < -0.39 is 5.82 Å². The number of carbonyl (C=O) groups excluding carboxylic acids is 1. The summed E-state index contributed by atoms with van der Waals surface area (Å²) in [5.74, 6) is -0.275. The summed E-state index contributed by atoms with van der Waals surface area (Å²) in [6.45, 7) is 0. The SMILES string of the molecule is COc1ccc(CC2C=C(O)CCC2=O)cc1F. The van der Waals surface area contributed by atoms with Gasteiger partial charge in [0.2, 0.25) is 0 Å². The van der Waals surface area contributed by atoms with E-state index in [-0.39, 0.29) is 23.2 Å². The molecule has 3 nitrogen and oxygen atoms in total. The molecule has 1 atom stereocenters. The summed E-state index contributed by atoms with van der Waals surface area (Å²) in [6, 6.07) is 4.64. The molecule has 1 unspecified atom stereocenters. The van der Waals surface area contributed by atoms with Crippen molar-refractivity contribution in [3.05, 3.63) is 41.4 Å². The maximum absolute atomic E-state index is 13.5. The molecule has 1 aliphatic rings. The molecule has 0 heterocycles. The second-order valence-corrected chi connectivity index (χ2v) is 4.40. The molecule has 0 saturated carbocycles. The van der Waals surface area contributed by atoms with Crippen molar-refractivity contribution in [2.75, 3.05) is 7.11 Å². The Morgan fingerprint density at radius 1 is 1.44 bits per heavy atom. The number of methoxy groups -OCH3 is 1. The Labute approximate surface area is 105 Å². The summed E-state index contributed by atoms with van der Waals surface area (Å²) >= 11 is 0. The number of ketones is 1. The molecule has 96 valence electrons. The highest BCUT2D eigenvalue weighted by Gasteiger charge is 2.22. The summed E-state index contributed by atoms with van der Waals surface area (Å²) < 4.78 is 18.3. The van der Waals surface area contributed by atoms with Crippen molar-refractivity contribution in [2.45, 2.75) is 19.3 Å². The van der Waals surface area contributed by atoms with Crippen LogP contribution >= 0.6 is 0 Å². The van der Waals surface area contributed by atoms with E-state index in [1.165, 1.54) is 13.2 Å². The van der Waals surface area contributed by atoms with Crippen molar-refractivity contribution in [3.63, 3.8) is 0 Å². The summed E-state index contributed by atoms with van der Waals surface area (Å²) in [5.41, 5.74) is 0.720. The molecule has 0 bridgehead atoms. The molecule has 0 radical (unpaired) electrons. The summed E-state index contributed by atoms with van der Waals surface area (Å²) in [4.78, 5) is 11.7. The van der Waals surface area contributed by atoms with Gasteiger partial charge in [0.05, 0.1) is 12.9 Å². The molecule has 0 aromatic heterocycles. The van der Waals surface area contributed by atoms with Crippen LogP contribution in [0.1, 0.15) is 18.4 Å². The van der Waals surface area contributed by atoms with E-state index in [0.717, 1.165) is 5.56 Å². The lowest BCUT2D eigenvalue weighted by Gasteiger charge is -2.17. The normalized spacial score (nSPS) is 19.6. The highest BCUT2D eigenvalue weighted by Crippen LogP contribution is 2.24. The van der Waals surface area contributed by atoms with Crippen molar-refractivity contribution in [3.8, 4) is 5.75 Å². The molecular formula is C14H15FO3. The number of hydrogen-bond donors (Lipinski definition) is 1. The second kappa shape index (κ2) is 5.21. The minimum atomic E-state index is -0.438. The predicted octanol–water partition coefficient (Wildman–Crippen LogP) is 2.80. The smallest absolute Gasteiger partial charge is 0.165 e. The first-order valence-corrected chi connectivity index (χ1v) is 5.85. The first kappa shape index (κ1) is 12.6. The van der Waals surface area contributed by atoms with Crippen molar-refractivity contribution >= 4 is 5.78 Å². The van der Waals surface area contributed by atoms with Gasteiger partial charge in [0, 0.05) is 18.8 Å². The van der Waals surface area contributed by atoms with E-state index in [1.54, 1.807) is 18.2 Å². The van der Waals surface area contributed by atoms with Crippen LogP contribution in [0.5, 0.6) is 5.75 Å². The lowest BCUT2D eigenvalue weighted by atomic mass is 9.88. The molecule has 4 heteroatoms. The molecule has 0 saturated heterocycles. The molecular weight excluding hydrogens is 235 g/mol. The third kappa shape index (κ3) is 2.70. The molecule has 1 aromatic carbocycles. The first-order valence-electron chi connectivity index (χ1n) is 5.85. The Balaban J connectivity index is 2.16. The zero-order valence-corrected chi connectivity index (χ0v) is 10.1. The minimum absolute atomic E-state index is 0.0871. The number of carbonyl (C=O) groups is 1. The largest absolute Gasteiger partial charge is 0.513 e. The van der Waals surface area contributed by atoms with E-state index >= 15 is 0 Å². The number of aliphatic hydroxyl groups excluding tert-OH is 1. The molecule has 1 aliphatic carbocycles. The van der Waals surface area contributed by atoms with Gasteiger partial charge in [-0.3, -0.25) is 4.79 Å². The van der Waals surface area contributed by atoms with Crippen LogP contribution in [0, 0.1) is 11.7 Å². The fourth-order valence-electron chi connectivity index (χ4n) is 2.11. The van der Waals surface area contributed by atoms with Crippen molar-refractivity contribution in [2.24, 2.45) is 5.92 Å². The topological polar surface area (TPSA) is 46.5 Å². The fourth-order valence-corrected chi connectivity index (χ4v) is 2.11. The lowest BCUT2D eigenvalue weighted by Crippen LogP contribution is -2.19. The molecule has 0 aliphatic heterocycles. The summed E-state index contributed by atoms with van der Waals surface area (Å²) in [6.07, 6.45) is 2.73. The average molecular weight is 250 g/mol. The van der Waals surface area contributed by atoms with Gasteiger partial charge in [-0.15, -0.1) is 0 Å². The number of aliphatic hydroxyl groups is 1. The highest BCUT2D eigenvalue weighted by molar-refractivity contribution is 5.84. The van der Waals surface area contributed by atoms with Crippen molar-refractivity contribution in [1.29, 1.82) is 0 Å². The average Bonchev–Trinajstić information content (AvgIpc) is 2.34. The van der Waals surface area contributed by atoms with Gasteiger partial charge in [-0.25, -0.2) is 4.39 Å². The van der Waals surface area contributed by atoms with Crippen LogP contribution in [0.4, 0.5) is 4.39 Å². The maximum Gasteiger partial charge on any atom is 0.165 e. The van der Waals surface area contributed by atoms with E-state index in [9.17, 15) is 14.3 Å². The molecule has 0 fully saturated rings. The zero-order chi connectivity index (χ0) is 13.1. The molecule has 1 N–H and O–H groups in total. The molecule has 0 amide bonds. The predicted molar refractivity (Wildman–Crippen MR) is 65.1 cm³/mol. The number of hydrogen-bond acceptors (Lipinski definition) is 3. The number of allylic oxidation sites excluding steroid dienone is 2. The quantitative estimate of drug-likeness (QED) is 0.897. The Kier molecular flexibility index (Phi) is 3.65. The third-order valence-corrected chi connectivity index (χ3v) is 3.11. The van der Waals surface area contributed by atoms with E-state index in [2.05, 4.69) is 0 Å². The molecule has 2 rings (SSSR count). The summed E-state index contributed by atoms with van der Waals surface area (Å²) in [5, 5.41) is 9.43. The van der Waals surface area contributed by atoms with Crippen molar-refractivity contribution in [1.82, 2.24) is 0 Å². The van der Waals surface area contributed by atoms with E-state index in [4.69, 9.17) is 4.74 Å². The lowest BCUT2D eigenvalue weighted by molar-refractivity contribution is -0.122. The number of benzene rings is 1. The van der Waals surface area contributed by atoms with Crippen LogP contribution in [0.15, 0.2) is 30.0 Å². The number of halogens is 1. The molecule has 0 spiro atoms. The number of ether oxygens (including phenoxy) is 1. The van der Waals surface area contributed by atoms with E-state index in [1.807, 2.05) is 0 Å². The van der Waals surface area contributed by atoms with Crippen molar-refractivity contribution < 1.29 is 19.0 Å². The van der Waals surface area contributed by atoms with Crippen LogP contribution in [-0.4, -0.2) is 18.0 Å². The van der Waals surface area contributed by atoms with Gasteiger partial charge in [-0.2, -0.15) is 0 Å². The van der Waals surface area contributed by atoms with Gasteiger partial charge in [0.25, 0.3) is 0 Å². The fraction of sp³-hybridized carbons (Fsp3) is 0.357. The van der Waals surface area contributed by atoms with Gasteiger partial charge in [-0.1, -0.05) is 6.07 Å². The number of rotatable bonds is 3. The van der Waals surface area contributed by atoms with Gasteiger partial charge in [0.1, 0.15) is 5.78 Å². The van der Waals surface area contributed by atoms with E-state index in [0.29, 0.717) is 19.3 Å². The Hall–Kier alpha value is -1.84. The van der Waals surface area contributed by atoms with Gasteiger partial charge >= 0.3 is 0 Å².